The Balaban J connectivity index is 2.05. The summed E-state index contributed by atoms with van der Waals surface area (Å²) >= 11 is 0. The fraction of sp³-hybridized carbons (Fsp3) is 0.444. The lowest BCUT2D eigenvalue weighted by molar-refractivity contribution is 0.271. The van der Waals surface area contributed by atoms with Crippen molar-refractivity contribution >= 4 is 10.0 Å². The second-order valence-corrected chi connectivity index (χ2v) is 11.2. The number of nitrogens with zero attached hydrogens (tertiary/aromatic N) is 4. The summed E-state index contributed by atoms with van der Waals surface area (Å²) in [6, 6.07) is 16.7. The standard InChI is InChI=1S/C27H38N4O4S/c1-8-25(29(4)5)26-17-27(28-31(26)20(2)3)36(32,33)30(18-21-9-13-23(34-6)14-10-21)19-22-11-15-24(35-7)16-12-22/h9-17,20,25H,8,18-19H2,1-7H3. The van der Waals surface area contributed by atoms with Gasteiger partial charge >= 0.3 is 0 Å². The fourth-order valence-electron chi connectivity index (χ4n) is 4.24. The summed E-state index contributed by atoms with van der Waals surface area (Å²) in [5, 5.41) is 4.68. The minimum absolute atomic E-state index is 0.0228. The van der Waals surface area contributed by atoms with Crippen LogP contribution in [0.25, 0.3) is 0 Å². The predicted molar refractivity (Wildman–Crippen MR) is 142 cm³/mol. The average Bonchev–Trinajstić information content (AvgIpc) is 3.31. The van der Waals surface area contributed by atoms with Gasteiger partial charge in [0.05, 0.1) is 26.0 Å². The fourth-order valence-corrected chi connectivity index (χ4v) is 5.60. The highest BCUT2D eigenvalue weighted by molar-refractivity contribution is 7.89. The molecule has 196 valence electrons. The van der Waals surface area contributed by atoms with Gasteiger partial charge in [0.25, 0.3) is 10.0 Å². The van der Waals surface area contributed by atoms with E-state index in [4.69, 9.17) is 9.47 Å². The summed E-state index contributed by atoms with van der Waals surface area (Å²) in [5.41, 5.74) is 2.61. The van der Waals surface area contributed by atoms with Crippen LogP contribution in [0.4, 0.5) is 0 Å². The quantitative estimate of drug-likeness (QED) is 0.343. The largest absolute Gasteiger partial charge is 0.497 e. The van der Waals surface area contributed by atoms with E-state index < -0.39 is 10.0 Å². The monoisotopic (exact) mass is 514 g/mol. The molecule has 2 aromatic carbocycles. The molecule has 3 aromatic rings. The van der Waals surface area contributed by atoms with E-state index in [9.17, 15) is 8.42 Å². The third kappa shape index (κ3) is 6.27. The summed E-state index contributed by atoms with van der Waals surface area (Å²) in [7, 11) is 3.30. The molecule has 0 bridgehead atoms. The molecule has 0 spiro atoms. The second kappa shape index (κ2) is 11.9. The Bertz CT molecular complexity index is 1170. The molecule has 0 aliphatic heterocycles. The topological polar surface area (TPSA) is 76.9 Å². The number of hydrogen-bond acceptors (Lipinski definition) is 6. The molecular formula is C27H38N4O4S. The number of benzene rings is 2. The lowest BCUT2D eigenvalue weighted by Crippen LogP contribution is -2.30. The summed E-state index contributed by atoms with van der Waals surface area (Å²) in [4.78, 5) is 2.10. The summed E-state index contributed by atoms with van der Waals surface area (Å²) in [6.07, 6.45) is 0.840. The van der Waals surface area contributed by atoms with Crippen molar-refractivity contribution in [3.63, 3.8) is 0 Å². The molecular weight excluding hydrogens is 476 g/mol. The lowest BCUT2D eigenvalue weighted by Gasteiger charge is -2.24. The molecule has 1 aromatic heterocycles. The maximum Gasteiger partial charge on any atom is 0.263 e. The Morgan fingerprint density at radius 3 is 1.72 bits per heavy atom. The Hall–Kier alpha value is -2.88. The number of hydrogen-bond donors (Lipinski definition) is 0. The molecule has 0 saturated carbocycles. The Morgan fingerprint density at radius 1 is 0.889 bits per heavy atom. The molecule has 9 heteroatoms. The molecule has 0 aliphatic rings. The van der Waals surface area contributed by atoms with Gasteiger partial charge in [-0.3, -0.25) is 4.68 Å². The van der Waals surface area contributed by atoms with Gasteiger partial charge in [-0.05, 0) is 69.8 Å². The van der Waals surface area contributed by atoms with E-state index in [0.717, 1.165) is 34.7 Å². The molecule has 0 fully saturated rings. The minimum Gasteiger partial charge on any atom is -0.497 e. The van der Waals surface area contributed by atoms with Crippen molar-refractivity contribution in [2.24, 2.45) is 0 Å². The molecule has 0 radical (unpaired) electrons. The van der Waals surface area contributed by atoms with E-state index in [0.29, 0.717) is 0 Å². The van der Waals surface area contributed by atoms with Crippen molar-refractivity contribution in [3.8, 4) is 11.5 Å². The normalized spacial score (nSPS) is 12.9. The molecule has 8 nitrogen and oxygen atoms in total. The van der Waals surface area contributed by atoms with E-state index in [1.165, 1.54) is 4.31 Å². The van der Waals surface area contributed by atoms with Crippen molar-refractivity contribution in [2.45, 2.75) is 57.4 Å². The Kier molecular flexibility index (Phi) is 9.16. The van der Waals surface area contributed by atoms with Crippen LogP contribution >= 0.6 is 0 Å². The smallest absolute Gasteiger partial charge is 0.263 e. The number of aromatic nitrogens is 2. The van der Waals surface area contributed by atoms with Crippen LogP contribution in [0.15, 0.2) is 59.6 Å². The van der Waals surface area contributed by atoms with Crippen LogP contribution in [0.1, 0.15) is 56.1 Å². The van der Waals surface area contributed by atoms with E-state index in [2.05, 4.69) is 16.9 Å². The molecule has 0 amide bonds. The van der Waals surface area contributed by atoms with Crippen molar-refractivity contribution in [1.82, 2.24) is 19.0 Å². The number of rotatable bonds is 12. The van der Waals surface area contributed by atoms with Crippen LogP contribution < -0.4 is 9.47 Å². The zero-order chi connectivity index (χ0) is 26.5. The zero-order valence-corrected chi connectivity index (χ0v) is 23.1. The maximum atomic E-state index is 14.0. The predicted octanol–water partition coefficient (Wildman–Crippen LogP) is 4.89. The van der Waals surface area contributed by atoms with Gasteiger partial charge in [0, 0.05) is 25.2 Å². The van der Waals surface area contributed by atoms with Crippen LogP contribution in [0.5, 0.6) is 11.5 Å². The molecule has 1 unspecified atom stereocenters. The highest BCUT2D eigenvalue weighted by atomic mass is 32.2. The Morgan fingerprint density at radius 2 is 1.36 bits per heavy atom. The van der Waals surface area contributed by atoms with Gasteiger partial charge in [-0.1, -0.05) is 31.2 Å². The first-order valence-electron chi connectivity index (χ1n) is 12.1. The number of sulfonamides is 1. The van der Waals surface area contributed by atoms with Crippen LogP contribution in [-0.4, -0.2) is 55.7 Å². The average molecular weight is 515 g/mol. The minimum atomic E-state index is -3.91. The summed E-state index contributed by atoms with van der Waals surface area (Å²) < 4.78 is 41.9. The van der Waals surface area contributed by atoms with E-state index in [1.807, 2.05) is 81.2 Å². The van der Waals surface area contributed by atoms with E-state index >= 15 is 0 Å². The van der Waals surface area contributed by atoms with E-state index in [1.54, 1.807) is 20.3 Å². The van der Waals surface area contributed by atoms with Crippen molar-refractivity contribution in [1.29, 1.82) is 0 Å². The molecule has 0 N–H and O–H groups in total. The van der Waals surface area contributed by atoms with Gasteiger partial charge in [-0.15, -0.1) is 0 Å². The van der Waals surface area contributed by atoms with Gasteiger partial charge in [0.15, 0.2) is 5.03 Å². The first kappa shape index (κ1) is 27.7. The van der Waals surface area contributed by atoms with Gasteiger partial charge in [-0.2, -0.15) is 9.40 Å². The van der Waals surface area contributed by atoms with Crippen LogP contribution in [-0.2, 0) is 23.1 Å². The number of methoxy groups -OCH3 is 2. The molecule has 0 aliphatic carbocycles. The SMILES string of the molecule is CCC(c1cc(S(=O)(=O)N(Cc2ccc(OC)cc2)Cc2ccc(OC)cc2)nn1C(C)C)N(C)C. The molecule has 1 heterocycles. The third-order valence-corrected chi connectivity index (χ3v) is 7.89. The van der Waals surface area contributed by atoms with Crippen LogP contribution in [0, 0.1) is 0 Å². The molecule has 36 heavy (non-hydrogen) atoms. The second-order valence-electron chi connectivity index (χ2n) is 9.30. The highest BCUT2D eigenvalue weighted by Crippen LogP contribution is 2.29. The van der Waals surface area contributed by atoms with Gasteiger partial charge in [0.2, 0.25) is 0 Å². The van der Waals surface area contributed by atoms with Crippen molar-refractivity contribution in [2.75, 3.05) is 28.3 Å². The highest BCUT2D eigenvalue weighted by Gasteiger charge is 2.31. The van der Waals surface area contributed by atoms with Crippen molar-refractivity contribution in [3.05, 3.63) is 71.4 Å². The summed E-state index contributed by atoms with van der Waals surface area (Å²) in [6.45, 7) is 6.53. The van der Waals surface area contributed by atoms with Gasteiger partial charge in [0.1, 0.15) is 11.5 Å². The molecule has 3 rings (SSSR count). The zero-order valence-electron chi connectivity index (χ0n) is 22.3. The van der Waals surface area contributed by atoms with Crippen LogP contribution in [0.2, 0.25) is 0 Å². The van der Waals surface area contributed by atoms with E-state index in [-0.39, 0.29) is 30.2 Å². The summed E-state index contributed by atoms with van der Waals surface area (Å²) in [5.74, 6) is 1.44. The molecule has 1 atom stereocenters. The third-order valence-electron chi connectivity index (χ3n) is 6.22. The van der Waals surface area contributed by atoms with Crippen LogP contribution in [0.3, 0.4) is 0 Å². The molecule has 0 saturated heterocycles. The van der Waals surface area contributed by atoms with Crippen molar-refractivity contribution < 1.29 is 17.9 Å². The van der Waals surface area contributed by atoms with Gasteiger partial charge in [-0.25, -0.2) is 8.42 Å². The maximum absolute atomic E-state index is 14.0. The Labute approximate surface area is 215 Å². The first-order valence-corrected chi connectivity index (χ1v) is 13.6. The lowest BCUT2D eigenvalue weighted by atomic mass is 10.1. The van der Waals surface area contributed by atoms with Gasteiger partial charge < -0.3 is 14.4 Å². The first-order chi connectivity index (χ1) is 17.1. The number of ether oxygens (including phenoxy) is 2.